The van der Waals surface area contributed by atoms with E-state index in [0.29, 0.717) is 11.4 Å². The van der Waals surface area contributed by atoms with Crippen LogP contribution in [0.1, 0.15) is 42.4 Å². The molecule has 0 saturated carbocycles. The summed E-state index contributed by atoms with van der Waals surface area (Å²) in [7, 11) is 0. The molecule has 0 aliphatic rings. The monoisotopic (exact) mass is 442 g/mol. The molecule has 4 nitrogen and oxygen atoms in total. The molecule has 0 N–H and O–H groups in total. The molecule has 0 unspecified atom stereocenters. The van der Waals surface area contributed by atoms with Crippen molar-refractivity contribution in [3.8, 4) is 11.6 Å². The van der Waals surface area contributed by atoms with Gasteiger partial charge in [-0.15, -0.1) is 0 Å². The number of carbonyl (C=O) groups is 1. The van der Waals surface area contributed by atoms with Crippen LogP contribution in [0.5, 0.6) is 5.88 Å². The van der Waals surface area contributed by atoms with E-state index in [9.17, 15) is 4.79 Å². The standard InChI is InChI=1S/C27H26N2O2S/c1-19-24(32-23-13-9-6-10-14-23)25(29(28-19)22-11-7-5-8-12-22)31-26(30)20-15-17-21(18-16-20)27(2,3)4/h5-18H,1-4H3. The number of benzene rings is 3. The van der Waals surface area contributed by atoms with Crippen LogP contribution < -0.4 is 4.74 Å². The van der Waals surface area contributed by atoms with Gasteiger partial charge >= 0.3 is 5.97 Å². The first-order valence-electron chi connectivity index (χ1n) is 10.5. The van der Waals surface area contributed by atoms with Gasteiger partial charge < -0.3 is 4.74 Å². The molecule has 1 aromatic heterocycles. The predicted molar refractivity (Wildman–Crippen MR) is 129 cm³/mol. The van der Waals surface area contributed by atoms with Gasteiger partial charge in [-0.3, -0.25) is 0 Å². The van der Waals surface area contributed by atoms with Gasteiger partial charge in [0.05, 0.1) is 21.8 Å². The number of aromatic nitrogens is 2. The highest BCUT2D eigenvalue weighted by Crippen LogP contribution is 2.39. The molecule has 0 radical (unpaired) electrons. The summed E-state index contributed by atoms with van der Waals surface area (Å²) in [5.74, 6) is 0.0184. The number of esters is 1. The second kappa shape index (κ2) is 9.05. The zero-order valence-electron chi connectivity index (χ0n) is 18.7. The van der Waals surface area contributed by atoms with Crippen molar-refractivity contribution in [3.05, 3.63) is 102 Å². The van der Waals surface area contributed by atoms with Crippen LogP contribution in [0, 0.1) is 6.92 Å². The van der Waals surface area contributed by atoms with Gasteiger partial charge in [-0.2, -0.15) is 9.78 Å². The Labute approximate surface area is 193 Å². The number of hydrogen-bond donors (Lipinski definition) is 0. The number of hydrogen-bond acceptors (Lipinski definition) is 4. The number of para-hydroxylation sites is 1. The molecule has 5 heteroatoms. The fraction of sp³-hybridized carbons (Fsp3) is 0.185. The lowest BCUT2D eigenvalue weighted by molar-refractivity contribution is 0.0718. The molecule has 4 rings (SSSR count). The molecule has 1 heterocycles. The van der Waals surface area contributed by atoms with E-state index in [-0.39, 0.29) is 5.41 Å². The van der Waals surface area contributed by atoms with Gasteiger partial charge in [-0.1, -0.05) is 81.1 Å². The first-order chi connectivity index (χ1) is 15.3. The van der Waals surface area contributed by atoms with Crippen molar-refractivity contribution in [1.82, 2.24) is 9.78 Å². The maximum absolute atomic E-state index is 13.1. The molecular formula is C27H26N2O2S. The highest BCUT2D eigenvalue weighted by atomic mass is 32.2. The number of nitrogens with zero attached hydrogens (tertiary/aromatic N) is 2. The molecule has 0 aliphatic carbocycles. The molecule has 0 amide bonds. The first kappa shape index (κ1) is 21.9. The van der Waals surface area contributed by atoms with Crippen molar-refractivity contribution in [2.24, 2.45) is 0 Å². The van der Waals surface area contributed by atoms with Crippen LogP contribution in [-0.4, -0.2) is 15.7 Å². The Bertz CT molecular complexity index is 1210. The Morgan fingerprint density at radius 1 is 0.875 bits per heavy atom. The largest absolute Gasteiger partial charge is 0.402 e. The minimum Gasteiger partial charge on any atom is -0.402 e. The molecule has 0 spiro atoms. The second-order valence-corrected chi connectivity index (χ2v) is 9.68. The average molecular weight is 443 g/mol. The zero-order chi connectivity index (χ0) is 22.7. The lowest BCUT2D eigenvalue weighted by Gasteiger charge is -2.19. The Morgan fingerprint density at radius 3 is 2.06 bits per heavy atom. The summed E-state index contributed by atoms with van der Waals surface area (Å²) in [5.41, 5.74) is 3.33. The van der Waals surface area contributed by atoms with Gasteiger partial charge in [0.2, 0.25) is 5.88 Å². The molecule has 0 fully saturated rings. The fourth-order valence-electron chi connectivity index (χ4n) is 3.30. The second-order valence-electron chi connectivity index (χ2n) is 8.60. The third kappa shape index (κ3) is 4.78. The number of carbonyl (C=O) groups excluding carboxylic acids is 1. The van der Waals surface area contributed by atoms with Crippen LogP contribution in [-0.2, 0) is 5.41 Å². The predicted octanol–water partition coefficient (Wildman–Crippen LogP) is 6.85. The van der Waals surface area contributed by atoms with Crippen molar-refractivity contribution >= 4 is 17.7 Å². The molecular weight excluding hydrogens is 416 g/mol. The Kier molecular flexibility index (Phi) is 6.19. The summed E-state index contributed by atoms with van der Waals surface area (Å²) in [6.07, 6.45) is 0. The summed E-state index contributed by atoms with van der Waals surface area (Å²) >= 11 is 1.54. The average Bonchev–Trinajstić information content (AvgIpc) is 3.09. The van der Waals surface area contributed by atoms with Gasteiger partial charge in [0.15, 0.2) is 0 Å². The zero-order valence-corrected chi connectivity index (χ0v) is 19.5. The molecule has 0 aliphatic heterocycles. The number of aryl methyl sites for hydroxylation is 1. The highest BCUT2D eigenvalue weighted by Gasteiger charge is 2.23. The van der Waals surface area contributed by atoms with Crippen molar-refractivity contribution < 1.29 is 9.53 Å². The van der Waals surface area contributed by atoms with Crippen molar-refractivity contribution in [2.45, 2.75) is 42.9 Å². The normalized spacial score (nSPS) is 11.4. The van der Waals surface area contributed by atoms with Crippen molar-refractivity contribution in [2.75, 3.05) is 0 Å². The number of ether oxygens (including phenoxy) is 1. The van der Waals surface area contributed by atoms with E-state index in [4.69, 9.17) is 4.74 Å². The van der Waals surface area contributed by atoms with Crippen LogP contribution >= 0.6 is 11.8 Å². The lowest BCUT2D eigenvalue weighted by atomic mass is 9.87. The summed E-state index contributed by atoms with van der Waals surface area (Å²) in [6.45, 7) is 8.37. The molecule has 0 bridgehead atoms. The van der Waals surface area contributed by atoms with Crippen LogP contribution in [0.3, 0.4) is 0 Å². The first-order valence-corrected chi connectivity index (χ1v) is 11.4. The van der Waals surface area contributed by atoms with Crippen molar-refractivity contribution in [1.29, 1.82) is 0 Å². The van der Waals surface area contributed by atoms with E-state index < -0.39 is 5.97 Å². The minimum absolute atomic E-state index is 0.0188. The van der Waals surface area contributed by atoms with Crippen LogP contribution in [0.2, 0.25) is 0 Å². The molecule has 3 aromatic carbocycles. The maximum Gasteiger partial charge on any atom is 0.344 e. The summed E-state index contributed by atoms with van der Waals surface area (Å²) in [4.78, 5) is 15.0. The quantitative estimate of drug-likeness (QED) is 0.317. The summed E-state index contributed by atoms with van der Waals surface area (Å²) in [6, 6.07) is 27.3. The Balaban J connectivity index is 1.71. The molecule has 0 saturated heterocycles. The van der Waals surface area contributed by atoms with E-state index in [1.165, 1.54) is 17.3 Å². The van der Waals surface area contributed by atoms with E-state index in [0.717, 1.165) is 21.2 Å². The molecule has 32 heavy (non-hydrogen) atoms. The third-order valence-electron chi connectivity index (χ3n) is 5.11. The van der Waals surface area contributed by atoms with Gasteiger partial charge in [-0.05, 0) is 54.3 Å². The molecule has 0 atom stereocenters. The van der Waals surface area contributed by atoms with Gasteiger partial charge in [-0.25, -0.2) is 4.79 Å². The Hall–Kier alpha value is -3.31. The molecule has 162 valence electrons. The SMILES string of the molecule is Cc1nn(-c2ccccc2)c(OC(=O)c2ccc(C(C)(C)C)cc2)c1Sc1ccccc1. The highest BCUT2D eigenvalue weighted by molar-refractivity contribution is 7.99. The van der Waals surface area contributed by atoms with Gasteiger partial charge in [0.1, 0.15) is 0 Å². The van der Waals surface area contributed by atoms with Crippen molar-refractivity contribution in [3.63, 3.8) is 0 Å². The Morgan fingerprint density at radius 2 is 1.47 bits per heavy atom. The fourth-order valence-corrected chi connectivity index (χ4v) is 4.24. The van der Waals surface area contributed by atoms with E-state index in [1.54, 1.807) is 4.68 Å². The summed E-state index contributed by atoms with van der Waals surface area (Å²) < 4.78 is 7.67. The minimum atomic E-state index is -0.405. The van der Waals surface area contributed by atoms with Gasteiger partial charge in [0.25, 0.3) is 0 Å². The van der Waals surface area contributed by atoms with E-state index in [2.05, 4.69) is 25.9 Å². The smallest absolute Gasteiger partial charge is 0.344 e. The maximum atomic E-state index is 13.1. The van der Waals surface area contributed by atoms with Crippen LogP contribution in [0.25, 0.3) is 5.69 Å². The van der Waals surface area contributed by atoms with Gasteiger partial charge in [0, 0.05) is 4.90 Å². The summed E-state index contributed by atoms with van der Waals surface area (Å²) in [5, 5.41) is 4.69. The molecule has 4 aromatic rings. The van der Waals surface area contributed by atoms with E-state index in [1.807, 2.05) is 91.9 Å². The van der Waals surface area contributed by atoms with Crippen LogP contribution in [0.15, 0.2) is 94.7 Å². The lowest BCUT2D eigenvalue weighted by Crippen LogP contribution is -2.14. The van der Waals surface area contributed by atoms with Crippen LogP contribution in [0.4, 0.5) is 0 Å². The topological polar surface area (TPSA) is 44.1 Å². The van der Waals surface area contributed by atoms with E-state index >= 15 is 0 Å². The number of rotatable bonds is 5. The third-order valence-corrected chi connectivity index (χ3v) is 6.29.